The van der Waals surface area contributed by atoms with E-state index >= 15 is 0 Å². The van der Waals surface area contributed by atoms with Gasteiger partial charge in [-0.15, -0.1) is 15.6 Å². The van der Waals surface area contributed by atoms with Crippen molar-refractivity contribution in [3.05, 3.63) is 220 Å². The summed E-state index contributed by atoms with van der Waals surface area (Å²) in [5.41, 5.74) is 8.82. The SMILES string of the molecule is CC(C)(C)OC(=O)NCCCN=C(N)N1Cc2ccc(OC[C@H](O/N=C(\C(=O)C[C@@H]3C(=O)N(OS(=O)(=O)O)C3(C)C)c3csc(NC(c4ccccc4)(c4ccccc4)c4ccccc4)n3)C(=O)OC(c3ccccc3)c3ccccc3)cc2C1. The Balaban J connectivity index is 1.03. The highest BCUT2D eigenvalue weighted by Crippen LogP contribution is 2.43. The summed E-state index contributed by atoms with van der Waals surface area (Å²) in [5, 5.41) is 13.3. The first-order valence-electron chi connectivity index (χ1n) is 27.4. The molecule has 2 aliphatic rings. The number of carbonyl (C=O) groups is 4. The van der Waals surface area contributed by atoms with Crippen LogP contribution in [0.2, 0.25) is 0 Å². The second kappa shape index (κ2) is 26.3. The van der Waals surface area contributed by atoms with Gasteiger partial charge in [0, 0.05) is 38.0 Å². The van der Waals surface area contributed by atoms with Gasteiger partial charge < -0.3 is 40.3 Å². The number of rotatable bonds is 24. The van der Waals surface area contributed by atoms with Crippen LogP contribution in [0.4, 0.5) is 9.93 Å². The maximum Gasteiger partial charge on any atom is 0.418 e. The fraction of sp³-hybridized carbons (Fsp3) is 0.286. The van der Waals surface area contributed by atoms with E-state index < -0.39 is 82.0 Å². The molecule has 22 heteroatoms. The van der Waals surface area contributed by atoms with Crippen LogP contribution in [-0.2, 0) is 62.0 Å². The number of esters is 1. The molecule has 85 heavy (non-hydrogen) atoms. The van der Waals surface area contributed by atoms with E-state index in [0.29, 0.717) is 65.6 Å². The fourth-order valence-electron chi connectivity index (χ4n) is 9.98. The minimum absolute atomic E-state index is 0.0131. The molecule has 2 amide bonds. The molecule has 9 rings (SSSR count). The zero-order valence-corrected chi connectivity index (χ0v) is 49.1. The van der Waals surface area contributed by atoms with Gasteiger partial charge in [0.2, 0.25) is 0 Å². The van der Waals surface area contributed by atoms with Gasteiger partial charge in [0.1, 0.15) is 29.2 Å². The van der Waals surface area contributed by atoms with Gasteiger partial charge in [0.25, 0.3) is 12.0 Å². The van der Waals surface area contributed by atoms with Crippen molar-refractivity contribution in [3.63, 3.8) is 0 Å². The lowest BCUT2D eigenvalue weighted by atomic mass is 9.74. The Bertz CT molecular complexity index is 3510. The number of Topliss-reactive ketones (excluding diaryl/α,β-unsaturated/α-hetero) is 1. The molecule has 3 heterocycles. The third-order valence-electron chi connectivity index (χ3n) is 14.2. The first-order chi connectivity index (χ1) is 40.7. The van der Waals surface area contributed by atoms with Crippen molar-refractivity contribution in [2.75, 3.05) is 25.0 Å². The van der Waals surface area contributed by atoms with E-state index in [0.717, 1.165) is 27.8 Å². The quantitative estimate of drug-likeness (QED) is 0.00641. The maximum absolute atomic E-state index is 14.9. The number of guanidine groups is 1. The van der Waals surface area contributed by atoms with E-state index in [4.69, 9.17) is 29.8 Å². The zero-order chi connectivity index (χ0) is 60.4. The summed E-state index contributed by atoms with van der Waals surface area (Å²) in [6.07, 6.45) is -3.09. The number of carbonyl (C=O) groups excluding carboxylic acids is 4. The lowest BCUT2D eigenvalue weighted by Crippen LogP contribution is -2.68. The molecule has 6 aromatic carbocycles. The summed E-state index contributed by atoms with van der Waals surface area (Å²) >= 11 is 1.17. The molecular weight excluding hydrogens is 1120 g/mol. The summed E-state index contributed by atoms with van der Waals surface area (Å²) in [6, 6.07) is 53.1. The Hall–Kier alpha value is -8.96. The molecule has 2 atom stereocenters. The average Bonchev–Trinajstić information content (AvgIpc) is 1.62. The van der Waals surface area contributed by atoms with Crippen LogP contribution in [0, 0.1) is 5.92 Å². The highest BCUT2D eigenvalue weighted by molar-refractivity contribution is 7.80. The van der Waals surface area contributed by atoms with Crippen molar-refractivity contribution in [2.24, 2.45) is 21.8 Å². The average molecular weight is 1190 g/mol. The molecular formula is C63H66N8O12S2. The molecule has 1 fully saturated rings. The third-order valence-corrected chi connectivity index (χ3v) is 15.3. The van der Waals surface area contributed by atoms with Crippen LogP contribution in [0.5, 0.6) is 5.75 Å². The van der Waals surface area contributed by atoms with Crippen molar-refractivity contribution in [2.45, 2.75) is 89.4 Å². The number of aromatic nitrogens is 1. The molecule has 1 saturated heterocycles. The summed E-state index contributed by atoms with van der Waals surface area (Å²) < 4.78 is 55.6. The number of ether oxygens (including phenoxy) is 3. The molecule has 0 bridgehead atoms. The maximum atomic E-state index is 14.9. The molecule has 0 aliphatic carbocycles. The zero-order valence-electron chi connectivity index (χ0n) is 47.5. The normalized spacial score (nSPS) is 15.6. The van der Waals surface area contributed by atoms with Gasteiger partial charge in [0.15, 0.2) is 28.7 Å². The van der Waals surface area contributed by atoms with Crippen molar-refractivity contribution >= 4 is 62.3 Å². The lowest BCUT2D eigenvalue weighted by molar-refractivity contribution is -0.228. The second-order valence-electron chi connectivity index (χ2n) is 21.8. The molecule has 0 spiro atoms. The summed E-state index contributed by atoms with van der Waals surface area (Å²) in [4.78, 5) is 73.0. The number of nitrogens with one attached hydrogen (secondary N) is 2. The number of anilines is 1. The first kappa shape index (κ1) is 60.6. The monoisotopic (exact) mass is 1190 g/mol. The van der Waals surface area contributed by atoms with Crippen LogP contribution in [0.1, 0.15) is 98.2 Å². The highest BCUT2D eigenvalue weighted by Gasteiger charge is 2.58. The smallest absolute Gasteiger partial charge is 0.418 e. The van der Waals surface area contributed by atoms with Crippen molar-refractivity contribution in [1.82, 2.24) is 20.3 Å². The second-order valence-corrected chi connectivity index (χ2v) is 23.6. The Kier molecular flexibility index (Phi) is 18.8. The molecule has 20 nitrogen and oxygen atoms in total. The van der Waals surface area contributed by atoms with Crippen LogP contribution in [0.3, 0.4) is 0 Å². The van der Waals surface area contributed by atoms with Crippen LogP contribution < -0.4 is 21.1 Å². The van der Waals surface area contributed by atoms with Gasteiger partial charge in [-0.05, 0) is 92.1 Å². The van der Waals surface area contributed by atoms with Crippen LogP contribution in [0.25, 0.3) is 0 Å². The van der Waals surface area contributed by atoms with Gasteiger partial charge in [-0.1, -0.05) is 163 Å². The van der Waals surface area contributed by atoms with Crippen molar-refractivity contribution < 1.29 is 55.5 Å². The number of nitrogens with zero attached hydrogens (tertiary/aromatic N) is 5. The van der Waals surface area contributed by atoms with E-state index in [9.17, 15) is 32.1 Å². The lowest BCUT2D eigenvalue weighted by Gasteiger charge is -2.50. The predicted octanol–water partition coefficient (Wildman–Crippen LogP) is 9.52. The number of oxime groups is 1. The summed E-state index contributed by atoms with van der Waals surface area (Å²) in [5.74, 6) is -3.05. The van der Waals surface area contributed by atoms with Crippen molar-refractivity contribution in [3.8, 4) is 5.75 Å². The number of thiazole rings is 1. The number of hydrogen-bond donors (Lipinski definition) is 4. The minimum Gasteiger partial charge on any atom is -0.489 e. The van der Waals surface area contributed by atoms with E-state index in [1.54, 1.807) is 32.2 Å². The van der Waals surface area contributed by atoms with Crippen LogP contribution in [-0.4, -0.2) is 100 Å². The van der Waals surface area contributed by atoms with E-state index in [1.165, 1.54) is 25.2 Å². The predicted molar refractivity (Wildman–Crippen MR) is 320 cm³/mol. The number of amides is 2. The largest absolute Gasteiger partial charge is 0.489 e. The Morgan fingerprint density at radius 2 is 1.36 bits per heavy atom. The number of hydrogen-bond acceptors (Lipinski definition) is 16. The number of benzene rings is 6. The van der Waals surface area contributed by atoms with E-state index in [-0.39, 0.29) is 11.4 Å². The molecule has 442 valence electrons. The fourth-order valence-corrected chi connectivity index (χ4v) is 11.2. The number of nitrogens with two attached hydrogens (primary N) is 1. The third kappa shape index (κ3) is 14.9. The molecule has 2 aliphatic heterocycles. The molecule has 7 aromatic rings. The Labute approximate surface area is 497 Å². The molecule has 5 N–H and O–H groups in total. The van der Waals surface area contributed by atoms with Gasteiger partial charge in [0.05, 0.1) is 11.5 Å². The first-order valence-corrected chi connectivity index (χ1v) is 29.7. The Morgan fingerprint density at radius 1 is 0.812 bits per heavy atom. The van der Waals surface area contributed by atoms with Crippen LogP contribution >= 0.6 is 11.3 Å². The number of fused-ring (bicyclic) bond motifs is 1. The summed E-state index contributed by atoms with van der Waals surface area (Å²) in [6.45, 7) is 9.44. The number of hydroxylamine groups is 2. The number of β-lactam (4-membered cyclic amide) rings is 1. The topological polar surface area (TPSA) is 263 Å². The number of ketones is 1. The minimum atomic E-state index is -5.11. The van der Waals surface area contributed by atoms with Crippen LogP contribution in [0.15, 0.2) is 185 Å². The Morgan fingerprint density at radius 3 is 1.91 bits per heavy atom. The van der Waals surface area contributed by atoms with E-state index in [1.807, 2.05) is 169 Å². The van der Waals surface area contributed by atoms with Gasteiger partial charge >= 0.3 is 22.5 Å². The van der Waals surface area contributed by atoms with Gasteiger partial charge in [-0.3, -0.25) is 19.1 Å². The molecule has 0 radical (unpaired) electrons. The number of alkyl carbamates (subject to hydrolysis) is 1. The van der Waals surface area contributed by atoms with E-state index in [2.05, 4.69) is 25.1 Å². The molecule has 0 unspecified atom stereocenters. The molecule has 0 saturated carbocycles. The number of aliphatic imine (C=N–C) groups is 1. The standard InChI is InChI=1S/C63H66N8O12S2/c1-61(2,3)81-60(75)66-35-21-34-65-58(64)70-38-44-32-33-49(36-45(44)39-70)79-40-53(57(74)80-55(42-22-11-6-12-23-42)43-24-13-7-14-25-43)82-69-54(52(72)37-50-56(73)71(62(50,4)5)83-85(76,77)78)51-41-84-59(67-51)68-63(46-26-15-8-16-27-46,47-28-17-9-18-29-47)48-30-19-10-20-31-48/h6-20,22-33,36,41,50,53,55H,21,34-35,37-40H2,1-5H3,(H2,64,65)(H,66,75)(H,67,68)(H,76,77,78)/b69-54-/t50-,53+/m1/s1. The summed E-state index contributed by atoms with van der Waals surface area (Å²) in [7, 11) is -5.11. The van der Waals surface area contributed by atoms with Gasteiger partial charge in [-0.2, -0.15) is 13.5 Å². The molecule has 1 aromatic heterocycles. The highest BCUT2D eigenvalue weighted by atomic mass is 32.3. The van der Waals surface area contributed by atoms with Crippen molar-refractivity contribution in [1.29, 1.82) is 0 Å². The van der Waals surface area contributed by atoms with Gasteiger partial charge in [-0.25, -0.2) is 14.6 Å².